The van der Waals surface area contributed by atoms with Gasteiger partial charge in [0.2, 0.25) is 11.8 Å². The van der Waals surface area contributed by atoms with E-state index < -0.39 is 6.04 Å². The number of likely N-dealkylation sites (tertiary alicyclic amines) is 1. The van der Waals surface area contributed by atoms with Crippen LogP contribution in [0, 0.1) is 12.3 Å². The van der Waals surface area contributed by atoms with E-state index in [4.69, 9.17) is 4.74 Å². The largest absolute Gasteiger partial charge is 0.493 e. The number of methoxy groups -OCH3 is 1. The van der Waals surface area contributed by atoms with Crippen LogP contribution < -0.4 is 10.1 Å². The first-order valence-corrected chi connectivity index (χ1v) is 14.0. The molecular weight excluding hydrogens is 590 g/mol. The Morgan fingerprint density at radius 3 is 2.59 bits per heavy atom. The summed E-state index contributed by atoms with van der Waals surface area (Å²) in [7, 11) is 1.50. The first-order valence-electron chi connectivity index (χ1n) is 13.2. The number of amides is 2. The highest BCUT2D eigenvalue weighted by atomic mass is 79.9. The maximum absolute atomic E-state index is 13.8. The molecule has 12 heteroatoms. The first kappa shape index (κ1) is 27.0. The zero-order chi connectivity index (χ0) is 29.1. The molecule has 1 aliphatic carbocycles. The van der Waals surface area contributed by atoms with Crippen LogP contribution >= 0.6 is 15.9 Å². The van der Waals surface area contributed by atoms with Gasteiger partial charge in [-0.2, -0.15) is 5.10 Å². The number of piperidine rings is 1. The molecule has 0 unspecified atom stereocenters. The molecule has 0 radical (unpaired) electrons. The normalized spacial score (nSPS) is 21.0. The minimum absolute atomic E-state index is 0.0367. The highest BCUT2D eigenvalue weighted by molar-refractivity contribution is 9.10. The summed E-state index contributed by atoms with van der Waals surface area (Å²) >= 11 is 3.33. The molecule has 3 aromatic heterocycles. The summed E-state index contributed by atoms with van der Waals surface area (Å²) < 4.78 is 7.45. The van der Waals surface area contributed by atoms with Crippen molar-refractivity contribution in [2.24, 2.45) is 5.41 Å². The van der Waals surface area contributed by atoms with Crippen molar-refractivity contribution in [2.75, 3.05) is 12.4 Å². The Morgan fingerprint density at radius 1 is 1.12 bits per heavy atom. The maximum Gasteiger partial charge on any atom is 0.248 e. The van der Waals surface area contributed by atoms with E-state index in [1.54, 1.807) is 34.1 Å². The van der Waals surface area contributed by atoms with Gasteiger partial charge in [-0.15, -0.1) is 0 Å². The van der Waals surface area contributed by atoms with Gasteiger partial charge < -0.3 is 15.0 Å². The van der Waals surface area contributed by atoms with Gasteiger partial charge in [-0.05, 0) is 70.9 Å². The zero-order valence-corrected chi connectivity index (χ0v) is 24.6. The molecule has 1 aromatic carbocycles. The number of ketones is 1. The lowest BCUT2D eigenvalue weighted by atomic mass is 10.0. The third kappa shape index (κ3) is 4.86. The molecule has 2 amide bonds. The molecule has 41 heavy (non-hydrogen) atoms. The molecule has 4 heterocycles. The second-order valence-electron chi connectivity index (χ2n) is 10.9. The molecule has 1 N–H and O–H groups in total. The number of aryl methyl sites for hydroxylation is 1. The summed E-state index contributed by atoms with van der Waals surface area (Å²) in [5.74, 6) is 0.603. The van der Waals surface area contributed by atoms with E-state index in [2.05, 4.69) is 48.2 Å². The topological polar surface area (TPSA) is 132 Å². The number of halogens is 1. The standard InChI is InChI=1S/C29H28BrN7O4/c1-15(38)26-19-9-17(18-12-31-16(2)32-13-18)5-6-20(19)36(35-26)14-25(39)37-21(10-29(3)11-23(29)37)28(40)34-27-22(41-4)7-8-24(30)33-27/h5-9,12-13,21,23H,10-11,14H2,1-4H3,(H,33,34,40)/t21-,23+,29-/m0/s1. The fourth-order valence-electron chi connectivity index (χ4n) is 5.73. The number of fused-ring (bicyclic) bond motifs is 2. The summed E-state index contributed by atoms with van der Waals surface area (Å²) in [6.07, 6.45) is 4.85. The SMILES string of the molecule is COc1ccc(Br)nc1NC(=O)[C@@H]1C[C@@]2(C)C[C@H]2N1C(=O)Cn1nc(C(C)=O)c2cc(-c3cnc(C)nc3)ccc21. The number of hydrogen-bond donors (Lipinski definition) is 1. The van der Waals surface area contributed by atoms with E-state index in [-0.39, 0.29) is 47.1 Å². The molecule has 3 atom stereocenters. The average Bonchev–Trinajstić information content (AvgIpc) is 3.30. The Morgan fingerprint density at radius 2 is 1.88 bits per heavy atom. The molecular formula is C29H28BrN7O4. The number of benzene rings is 1. The lowest BCUT2D eigenvalue weighted by Crippen LogP contribution is -2.46. The van der Waals surface area contributed by atoms with Crippen LogP contribution in [0.15, 0.2) is 47.3 Å². The number of rotatable bonds is 7. The van der Waals surface area contributed by atoms with Crippen LogP contribution in [-0.2, 0) is 16.1 Å². The fraction of sp³-hybridized carbons (Fsp3) is 0.345. The van der Waals surface area contributed by atoms with Gasteiger partial charge in [0, 0.05) is 36.3 Å². The molecule has 2 fully saturated rings. The molecule has 210 valence electrons. The summed E-state index contributed by atoms with van der Waals surface area (Å²) in [6.45, 7) is 5.26. The number of hydrogen-bond acceptors (Lipinski definition) is 8. The van der Waals surface area contributed by atoms with Crippen molar-refractivity contribution >= 4 is 50.2 Å². The van der Waals surface area contributed by atoms with Crippen molar-refractivity contribution in [3.8, 4) is 16.9 Å². The summed E-state index contributed by atoms with van der Waals surface area (Å²) in [4.78, 5) is 54.4. The number of ether oxygens (including phenoxy) is 1. The van der Waals surface area contributed by atoms with E-state index >= 15 is 0 Å². The van der Waals surface area contributed by atoms with Crippen molar-refractivity contribution in [1.82, 2.24) is 29.6 Å². The molecule has 1 aliphatic heterocycles. The van der Waals surface area contributed by atoms with Gasteiger partial charge in [-0.3, -0.25) is 19.1 Å². The second-order valence-corrected chi connectivity index (χ2v) is 11.7. The number of carbonyl (C=O) groups is 3. The zero-order valence-electron chi connectivity index (χ0n) is 23.0. The first-order chi connectivity index (χ1) is 19.6. The quantitative estimate of drug-likeness (QED) is 0.241. The Hall–Kier alpha value is -4.19. The number of nitrogens with zero attached hydrogens (tertiary/aromatic N) is 6. The van der Waals surface area contributed by atoms with E-state index in [0.717, 1.165) is 17.5 Å². The minimum Gasteiger partial charge on any atom is -0.493 e. The third-order valence-electron chi connectivity index (χ3n) is 7.99. The van der Waals surface area contributed by atoms with Crippen LogP contribution in [0.25, 0.3) is 22.0 Å². The third-order valence-corrected chi connectivity index (χ3v) is 8.44. The van der Waals surface area contributed by atoms with Crippen LogP contribution in [0.2, 0.25) is 0 Å². The van der Waals surface area contributed by atoms with Gasteiger partial charge >= 0.3 is 0 Å². The molecule has 6 rings (SSSR count). The Balaban J connectivity index is 1.29. The second kappa shape index (κ2) is 10.0. The molecule has 1 saturated carbocycles. The number of aromatic nitrogens is 5. The van der Waals surface area contributed by atoms with Crippen LogP contribution in [0.1, 0.15) is 43.0 Å². The monoisotopic (exact) mass is 617 g/mol. The molecule has 0 spiro atoms. The van der Waals surface area contributed by atoms with E-state index in [0.29, 0.717) is 33.5 Å². The predicted octanol–water partition coefficient (Wildman–Crippen LogP) is 4.19. The predicted molar refractivity (Wildman–Crippen MR) is 154 cm³/mol. The Kier molecular flexibility index (Phi) is 6.60. The van der Waals surface area contributed by atoms with Crippen molar-refractivity contribution in [3.63, 3.8) is 0 Å². The number of nitrogens with one attached hydrogen (secondary N) is 1. The lowest BCUT2D eigenvalue weighted by Gasteiger charge is -2.27. The van der Waals surface area contributed by atoms with E-state index in [9.17, 15) is 14.4 Å². The fourth-order valence-corrected chi connectivity index (χ4v) is 6.04. The smallest absolute Gasteiger partial charge is 0.248 e. The van der Waals surface area contributed by atoms with Gasteiger partial charge in [0.25, 0.3) is 0 Å². The number of carbonyl (C=O) groups excluding carboxylic acids is 3. The molecule has 11 nitrogen and oxygen atoms in total. The van der Waals surface area contributed by atoms with Gasteiger partial charge in [-0.1, -0.05) is 13.0 Å². The summed E-state index contributed by atoms with van der Waals surface area (Å²) in [5, 5.41) is 8.02. The lowest BCUT2D eigenvalue weighted by molar-refractivity contribution is -0.138. The van der Waals surface area contributed by atoms with E-state index in [1.165, 1.54) is 14.0 Å². The van der Waals surface area contributed by atoms with Crippen molar-refractivity contribution in [1.29, 1.82) is 0 Å². The average molecular weight is 618 g/mol. The van der Waals surface area contributed by atoms with Gasteiger partial charge in [0.1, 0.15) is 28.7 Å². The number of pyridine rings is 1. The van der Waals surface area contributed by atoms with Crippen LogP contribution in [0.4, 0.5) is 5.82 Å². The van der Waals surface area contributed by atoms with Gasteiger partial charge in [0.15, 0.2) is 17.4 Å². The molecule has 1 saturated heterocycles. The summed E-state index contributed by atoms with van der Waals surface area (Å²) in [5.41, 5.74) is 2.47. The van der Waals surface area contributed by atoms with Gasteiger partial charge in [0.05, 0.1) is 12.6 Å². The van der Waals surface area contributed by atoms with Gasteiger partial charge in [-0.25, -0.2) is 15.0 Å². The Bertz CT molecular complexity index is 1720. The van der Waals surface area contributed by atoms with Crippen molar-refractivity contribution in [3.05, 3.63) is 58.8 Å². The van der Waals surface area contributed by atoms with Crippen LogP contribution in [-0.4, -0.2) is 66.4 Å². The molecule has 0 bridgehead atoms. The Labute approximate surface area is 244 Å². The highest BCUT2D eigenvalue weighted by Crippen LogP contribution is 2.59. The minimum atomic E-state index is -0.668. The molecule has 4 aromatic rings. The van der Waals surface area contributed by atoms with Crippen LogP contribution in [0.5, 0.6) is 5.75 Å². The van der Waals surface area contributed by atoms with Crippen molar-refractivity contribution in [2.45, 2.75) is 52.2 Å². The molecule has 2 aliphatic rings. The summed E-state index contributed by atoms with van der Waals surface area (Å²) in [6, 6.07) is 8.33. The van der Waals surface area contributed by atoms with Crippen LogP contribution in [0.3, 0.4) is 0 Å². The van der Waals surface area contributed by atoms with E-state index in [1.807, 2.05) is 25.1 Å². The highest BCUT2D eigenvalue weighted by Gasteiger charge is 2.64. The van der Waals surface area contributed by atoms with Crippen molar-refractivity contribution < 1.29 is 19.1 Å². The number of Topliss-reactive ketones (excluding diaryl/α,β-unsaturated/α-hetero) is 1. The number of anilines is 1. The maximum atomic E-state index is 13.8.